The van der Waals surface area contributed by atoms with E-state index in [1.165, 1.54) is 6.07 Å². The van der Waals surface area contributed by atoms with Gasteiger partial charge < -0.3 is 0 Å². The molecular weight excluding hydrogens is 284 g/mol. The topological polar surface area (TPSA) is 12.9 Å². The molecular formula is C13H7F6N. The van der Waals surface area contributed by atoms with Gasteiger partial charge in [0.15, 0.2) is 0 Å². The van der Waals surface area contributed by atoms with Gasteiger partial charge in [0.1, 0.15) is 0 Å². The Labute approximate surface area is 109 Å². The van der Waals surface area contributed by atoms with Crippen LogP contribution in [0.1, 0.15) is 11.1 Å². The van der Waals surface area contributed by atoms with Crippen LogP contribution in [0.15, 0.2) is 42.6 Å². The maximum atomic E-state index is 12.9. The van der Waals surface area contributed by atoms with E-state index in [1.807, 2.05) is 0 Å². The standard InChI is InChI=1S/C13H7F6N/c14-12(15,16)9-5-2-1-4-8(9)11-10(13(17,18)19)6-3-7-20-11/h1-7H. The van der Waals surface area contributed by atoms with Crippen LogP contribution in [0, 0.1) is 0 Å². The van der Waals surface area contributed by atoms with Crippen molar-refractivity contribution < 1.29 is 26.3 Å². The second-order valence-electron chi connectivity index (χ2n) is 3.94. The average molecular weight is 291 g/mol. The van der Waals surface area contributed by atoms with Crippen molar-refractivity contribution in [3.8, 4) is 11.3 Å². The Kier molecular flexibility index (Phi) is 3.45. The third-order valence-corrected chi connectivity index (χ3v) is 2.60. The lowest BCUT2D eigenvalue weighted by atomic mass is 9.99. The van der Waals surface area contributed by atoms with E-state index in [2.05, 4.69) is 4.98 Å². The first-order chi connectivity index (χ1) is 9.21. The number of alkyl halides is 6. The summed E-state index contributed by atoms with van der Waals surface area (Å²) in [6.45, 7) is 0. The molecule has 0 bridgehead atoms. The highest BCUT2D eigenvalue weighted by atomic mass is 19.4. The van der Waals surface area contributed by atoms with Crippen LogP contribution in [0.4, 0.5) is 26.3 Å². The monoisotopic (exact) mass is 291 g/mol. The number of benzene rings is 1. The molecule has 0 saturated heterocycles. The summed E-state index contributed by atoms with van der Waals surface area (Å²) >= 11 is 0. The summed E-state index contributed by atoms with van der Waals surface area (Å²) < 4.78 is 77.1. The summed E-state index contributed by atoms with van der Waals surface area (Å²) in [6.07, 6.45) is -8.50. The number of hydrogen-bond acceptors (Lipinski definition) is 1. The zero-order valence-electron chi connectivity index (χ0n) is 9.76. The lowest BCUT2D eigenvalue weighted by Gasteiger charge is -2.16. The molecule has 0 amide bonds. The van der Waals surface area contributed by atoms with E-state index in [9.17, 15) is 26.3 Å². The van der Waals surface area contributed by atoms with Gasteiger partial charge in [-0.05, 0) is 18.2 Å². The summed E-state index contributed by atoms with van der Waals surface area (Å²) in [6, 6.07) is 5.78. The van der Waals surface area contributed by atoms with Gasteiger partial charge in [0.2, 0.25) is 0 Å². The van der Waals surface area contributed by atoms with Gasteiger partial charge in [-0.3, -0.25) is 4.98 Å². The van der Waals surface area contributed by atoms with E-state index < -0.39 is 34.7 Å². The van der Waals surface area contributed by atoms with E-state index in [1.54, 1.807) is 0 Å². The Hall–Kier alpha value is -2.05. The van der Waals surface area contributed by atoms with Crippen LogP contribution in [0.3, 0.4) is 0 Å². The first-order valence-electron chi connectivity index (χ1n) is 5.40. The summed E-state index contributed by atoms with van der Waals surface area (Å²) in [4.78, 5) is 3.47. The number of nitrogens with zero attached hydrogens (tertiary/aromatic N) is 1. The fourth-order valence-corrected chi connectivity index (χ4v) is 1.79. The largest absolute Gasteiger partial charge is 0.418 e. The van der Waals surface area contributed by atoms with E-state index in [0.717, 1.165) is 30.5 Å². The lowest BCUT2D eigenvalue weighted by Crippen LogP contribution is -2.12. The summed E-state index contributed by atoms with van der Waals surface area (Å²) in [5, 5.41) is 0. The molecule has 2 rings (SSSR count). The van der Waals surface area contributed by atoms with Crippen molar-refractivity contribution in [2.75, 3.05) is 0 Å². The Bertz CT molecular complexity index is 559. The van der Waals surface area contributed by atoms with Gasteiger partial charge in [0.05, 0.1) is 16.8 Å². The summed E-state index contributed by atoms with van der Waals surface area (Å²) in [5.41, 5.74) is -3.67. The molecule has 1 aromatic heterocycles. The molecule has 1 heterocycles. The van der Waals surface area contributed by atoms with Crippen molar-refractivity contribution in [1.29, 1.82) is 0 Å². The molecule has 0 spiro atoms. The van der Waals surface area contributed by atoms with E-state index in [4.69, 9.17) is 0 Å². The van der Waals surface area contributed by atoms with Crippen molar-refractivity contribution in [1.82, 2.24) is 4.98 Å². The summed E-state index contributed by atoms with van der Waals surface area (Å²) in [7, 11) is 0. The smallest absolute Gasteiger partial charge is 0.256 e. The number of halogens is 6. The number of pyridine rings is 1. The minimum Gasteiger partial charge on any atom is -0.256 e. The molecule has 2 aromatic rings. The molecule has 0 aliphatic carbocycles. The number of hydrogen-bond donors (Lipinski definition) is 0. The van der Waals surface area contributed by atoms with E-state index in [-0.39, 0.29) is 0 Å². The van der Waals surface area contributed by atoms with Gasteiger partial charge >= 0.3 is 12.4 Å². The first kappa shape index (κ1) is 14.4. The molecule has 0 aliphatic rings. The van der Waals surface area contributed by atoms with Gasteiger partial charge in [-0.15, -0.1) is 0 Å². The molecule has 0 aliphatic heterocycles. The zero-order chi connectivity index (χ0) is 15.0. The van der Waals surface area contributed by atoms with Crippen LogP contribution in [0.5, 0.6) is 0 Å². The van der Waals surface area contributed by atoms with Crippen LogP contribution >= 0.6 is 0 Å². The van der Waals surface area contributed by atoms with Crippen molar-refractivity contribution in [2.45, 2.75) is 12.4 Å². The van der Waals surface area contributed by atoms with Crippen LogP contribution < -0.4 is 0 Å². The molecule has 0 radical (unpaired) electrons. The fraction of sp³-hybridized carbons (Fsp3) is 0.154. The van der Waals surface area contributed by atoms with Gasteiger partial charge in [-0.1, -0.05) is 18.2 Å². The third-order valence-electron chi connectivity index (χ3n) is 2.60. The fourth-order valence-electron chi connectivity index (χ4n) is 1.79. The minimum absolute atomic E-state index is 0.590. The van der Waals surface area contributed by atoms with Crippen molar-refractivity contribution in [3.05, 3.63) is 53.7 Å². The lowest BCUT2D eigenvalue weighted by molar-refractivity contribution is -0.139. The minimum atomic E-state index is -4.78. The predicted molar refractivity (Wildman–Crippen MR) is 59.7 cm³/mol. The van der Waals surface area contributed by atoms with Crippen LogP contribution in [0.2, 0.25) is 0 Å². The maximum Gasteiger partial charge on any atom is 0.418 e. The Morgan fingerprint density at radius 1 is 0.700 bits per heavy atom. The second kappa shape index (κ2) is 4.81. The highest BCUT2D eigenvalue weighted by Gasteiger charge is 2.38. The molecule has 1 aromatic carbocycles. The number of rotatable bonds is 1. The van der Waals surface area contributed by atoms with Gasteiger partial charge in [0.25, 0.3) is 0 Å². The Balaban J connectivity index is 2.71. The first-order valence-corrected chi connectivity index (χ1v) is 5.40. The van der Waals surface area contributed by atoms with Gasteiger partial charge in [0, 0.05) is 11.8 Å². The van der Waals surface area contributed by atoms with Crippen molar-refractivity contribution in [3.63, 3.8) is 0 Å². The Morgan fingerprint density at radius 2 is 1.25 bits per heavy atom. The van der Waals surface area contributed by atoms with Crippen LogP contribution in [0.25, 0.3) is 11.3 Å². The predicted octanol–water partition coefficient (Wildman–Crippen LogP) is 4.79. The van der Waals surface area contributed by atoms with Gasteiger partial charge in [-0.25, -0.2) is 0 Å². The molecule has 7 heteroatoms. The third kappa shape index (κ3) is 2.76. The Morgan fingerprint density at radius 3 is 1.85 bits per heavy atom. The van der Waals surface area contributed by atoms with Crippen molar-refractivity contribution >= 4 is 0 Å². The van der Waals surface area contributed by atoms with Crippen molar-refractivity contribution in [2.24, 2.45) is 0 Å². The molecule has 0 unspecified atom stereocenters. The molecule has 0 saturated carbocycles. The molecule has 0 fully saturated rings. The quantitative estimate of drug-likeness (QED) is 0.689. The van der Waals surface area contributed by atoms with E-state index in [0.29, 0.717) is 6.07 Å². The molecule has 1 nitrogen and oxygen atoms in total. The van der Waals surface area contributed by atoms with Crippen LogP contribution in [-0.2, 0) is 12.4 Å². The second-order valence-corrected chi connectivity index (χ2v) is 3.94. The molecule has 106 valence electrons. The highest BCUT2D eigenvalue weighted by molar-refractivity contribution is 5.68. The maximum absolute atomic E-state index is 12.9. The normalized spacial score (nSPS) is 12.5. The SMILES string of the molecule is FC(F)(F)c1ccccc1-c1ncccc1C(F)(F)F. The van der Waals surface area contributed by atoms with Crippen LogP contribution in [-0.4, -0.2) is 4.98 Å². The highest BCUT2D eigenvalue weighted by Crippen LogP contribution is 2.41. The molecule has 0 N–H and O–H groups in total. The van der Waals surface area contributed by atoms with E-state index >= 15 is 0 Å². The van der Waals surface area contributed by atoms with Gasteiger partial charge in [-0.2, -0.15) is 26.3 Å². The molecule has 0 atom stereocenters. The zero-order valence-corrected chi connectivity index (χ0v) is 9.76. The summed E-state index contributed by atoms with van der Waals surface area (Å²) in [5.74, 6) is 0. The average Bonchev–Trinajstić information content (AvgIpc) is 2.37. The number of aromatic nitrogens is 1. The molecule has 20 heavy (non-hydrogen) atoms.